The Morgan fingerprint density at radius 3 is 1.15 bits per heavy atom. The third kappa shape index (κ3) is 40.6. The lowest BCUT2D eigenvalue weighted by molar-refractivity contribution is -0.146. The maximum Gasteiger partial charge on any atom is 0.305 e. The lowest BCUT2D eigenvalue weighted by Gasteiger charge is -2.27. The number of aliphatic hydroxyl groups is 2. The van der Waals surface area contributed by atoms with Crippen molar-refractivity contribution in [2.75, 3.05) is 46.1 Å². The Labute approximate surface area is 367 Å². The Hall–Kier alpha value is -1.18. The lowest BCUT2D eigenvalue weighted by atomic mass is 9.95. The molecule has 59 heavy (non-hydrogen) atoms. The molecule has 0 rings (SSSR count). The van der Waals surface area contributed by atoms with Crippen LogP contribution in [0.1, 0.15) is 259 Å². The summed E-state index contributed by atoms with van der Waals surface area (Å²) in [6.07, 6.45) is 41.1. The predicted molar refractivity (Wildman–Crippen MR) is 252 cm³/mol. The molecule has 2 N–H and O–H groups in total. The van der Waals surface area contributed by atoms with Gasteiger partial charge in [0.05, 0.1) is 13.2 Å². The van der Waals surface area contributed by atoms with Gasteiger partial charge >= 0.3 is 11.9 Å². The molecule has 0 saturated carbocycles. The van der Waals surface area contributed by atoms with Crippen molar-refractivity contribution in [1.29, 1.82) is 0 Å². The van der Waals surface area contributed by atoms with Crippen LogP contribution in [0.25, 0.3) is 0 Å². The van der Waals surface area contributed by atoms with Crippen molar-refractivity contribution in [3.8, 4) is 0 Å². The summed E-state index contributed by atoms with van der Waals surface area (Å²) < 4.78 is 11.7. The normalized spacial score (nSPS) is 13.2. The van der Waals surface area contributed by atoms with Crippen LogP contribution in [-0.2, 0) is 19.1 Å². The molecule has 0 aliphatic carbocycles. The van der Waals surface area contributed by atoms with Gasteiger partial charge < -0.3 is 24.6 Å². The Morgan fingerprint density at radius 2 is 0.729 bits per heavy atom. The summed E-state index contributed by atoms with van der Waals surface area (Å²) in [5.74, 6) is 1.11. The summed E-state index contributed by atoms with van der Waals surface area (Å²) in [4.78, 5) is 27.9. The largest absolute Gasteiger partial charge is 0.465 e. The molecule has 0 aromatic carbocycles. The first-order valence-electron chi connectivity index (χ1n) is 26.2. The van der Waals surface area contributed by atoms with E-state index in [0.29, 0.717) is 37.9 Å². The van der Waals surface area contributed by atoms with E-state index in [9.17, 15) is 19.8 Å². The number of carbonyl (C=O) groups is 2. The average molecular weight is 838 g/mol. The first kappa shape index (κ1) is 57.8. The number of ether oxygens (including phenoxy) is 2. The SMILES string of the molecule is CCCCCCCCC(CCCCCC)COC(=O)CCCCCCN(CCCCCO)CC(CO)CCCCC(=O)OCC(CCCCCC)CCCCCCCC. The summed E-state index contributed by atoms with van der Waals surface area (Å²) in [6.45, 7) is 13.4. The second-order valence-corrected chi connectivity index (χ2v) is 18.5. The number of esters is 2. The van der Waals surface area contributed by atoms with Crippen LogP contribution in [0.4, 0.5) is 0 Å². The molecule has 352 valence electrons. The van der Waals surface area contributed by atoms with E-state index in [1.807, 2.05) is 0 Å². The summed E-state index contributed by atoms with van der Waals surface area (Å²) >= 11 is 0. The third-order valence-corrected chi connectivity index (χ3v) is 12.6. The number of nitrogens with zero attached hydrogens (tertiary/aromatic N) is 1. The molecule has 0 fully saturated rings. The van der Waals surface area contributed by atoms with Crippen molar-refractivity contribution in [3.05, 3.63) is 0 Å². The summed E-state index contributed by atoms with van der Waals surface area (Å²) in [6, 6.07) is 0. The van der Waals surface area contributed by atoms with Gasteiger partial charge in [-0.25, -0.2) is 0 Å². The highest BCUT2D eigenvalue weighted by molar-refractivity contribution is 5.69. The molecule has 0 bridgehead atoms. The van der Waals surface area contributed by atoms with E-state index < -0.39 is 0 Å². The number of aliphatic hydroxyl groups excluding tert-OH is 2. The summed E-state index contributed by atoms with van der Waals surface area (Å²) in [5, 5.41) is 19.6. The predicted octanol–water partition coefficient (Wildman–Crippen LogP) is 14.3. The van der Waals surface area contributed by atoms with Crippen LogP contribution in [-0.4, -0.2) is 73.1 Å². The second kappa shape index (κ2) is 46.3. The van der Waals surface area contributed by atoms with E-state index >= 15 is 0 Å². The fourth-order valence-electron chi connectivity index (χ4n) is 8.52. The number of rotatable bonds is 48. The molecule has 0 aromatic rings. The molecular formula is C52H103NO6. The molecule has 0 aliphatic heterocycles. The van der Waals surface area contributed by atoms with Crippen molar-refractivity contribution in [1.82, 2.24) is 4.90 Å². The van der Waals surface area contributed by atoms with Crippen LogP contribution >= 0.6 is 0 Å². The van der Waals surface area contributed by atoms with Crippen molar-refractivity contribution in [2.24, 2.45) is 17.8 Å². The molecule has 7 nitrogen and oxygen atoms in total. The topological polar surface area (TPSA) is 96.3 Å². The molecule has 0 heterocycles. The molecule has 7 heteroatoms. The number of hydrogen-bond donors (Lipinski definition) is 2. The zero-order valence-corrected chi connectivity index (χ0v) is 40.1. The van der Waals surface area contributed by atoms with Crippen molar-refractivity contribution >= 4 is 11.9 Å². The van der Waals surface area contributed by atoms with Crippen LogP contribution in [0.15, 0.2) is 0 Å². The molecular weight excluding hydrogens is 735 g/mol. The van der Waals surface area contributed by atoms with E-state index in [2.05, 4.69) is 32.6 Å². The lowest BCUT2D eigenvalue weighted by Crippen LogP contribution is -2.33. The second-order valence-electron chi connectivity index (χ2n) is 18.5. The third-order valence-electron chi connectivity index (χ3n) is 12.6. The first-order valence-corrected chi connectivity index (χ1v) is 26.2. The number of carbonyl (C=O) groups excluding carboxylic acids is 2. The number of hydrogen-bond acceptors (Lipinski definition) is 7. The van der Waals surface area contributed by atoms with E-state index in [4.69, 9.17) is 9.47 Å². The minimum atomic E-state index is -0.0590. The Bertz CT molecular complexity index is 870. The molecule has 3 atom stereocenters. The van der Waals surface area contributed by atoms with E-state index in [0.717, 1.165) is 83.8 Å². The monoisotopic (exact) mass is 838 g/mol. The minimum absolute atomic E-state index is 0.0263. The fourth-order valence-corrected chi connectivity index (χ4v) is 8.52. The first-order chi connectivity index (χ1) is 28.9. The Balaban J connectivity index is 4.59. The highest BCUT2D eigenvalue weighted by atomic mass is 16.5. The molecule has 0 aliphatic rings. The zero-order chi connectivity index (χ0) is 43.3. The average Bonchev–Trinajstić information content (AvgIpc) is 3.24. The smallest absolute Gasteiger partial charge is 0.305 e. The van der Waals surface area contributed by atoms with Gasteiger partial charge in [0.1, 0.15) is 0 Å². The Kier molecular flexibility index (Phi) is 45.4. The zero-order valence-electron chi connectivity index (χ0n) is 40.1. The van der Waals surface area contributed by atoms with Crippen LogP contribution in [0.3, 0.4) is 0 Å². The van der Waals surface area contributed by atoms with Gasteiger partial charge in [-0.05, 0) is 101 Å². The van der Waals surface area contributed by atoms with Gasteiger partial charge in [0.15, 0.2) is 0 Å². The number of unbranched alkanes of at least 4 members (excludes halogenated alkanes) is 22. The van der Waals surface area contributed by atoms with Crippen LogP contribution in [0.5, 0.6) is 0 Å². The molecule has 0 aromatic heterocycles. The Morgan fingerprint density at radius 1 is 0.407 bits per heavy atom. The van der Waals surface area contributed by atoms with Gasteiger partial charge in [0, 0.05) is 32.6 Å². The molecule has 0 saturated heterocycles. The summed E-state index contributed by atoms with van der Waals surface area (Å²) in [7, 11) is 0. The van der Waals surface area contributed by atoms with E-state index in [1.54, 1.807) is 0 Å². The highest BCUT2D eigenvalue weighted by Crippen LogP contribution is 2.22. The maximum absolute atomic E-state index is 12.7. The quantitative estimate of drug-likeness (QED) is 0.0465. The molecule has 0 spiro atoms. The van der Waals surface area contributed by atoms with Crippen LogP contribution < -0.4 is 0 Å². The van der Waals surface area contributed by atoms with Gasteiger partial charge in [-0.3, -0.25) is 9.59 Å². The fraction of sp³-hybridized carbons (Fsp3) is 0.962. The standard InChI is InChI=1S/C52H103NO6/c1-5-9-13-17-19-26-36-48(34-24-15-11-7-3)46-58-51(56)39-28-21-22-31-41-53(42-32-23-33-43-54)44-50(45-55)38-29-30-40-52(57)59-47-49(35-25-16-12-8-4)37-27-20-18-14-10-6-2/h48-50,54-55H,5-47H2,1-4H3. The van der Waals surface area contributed by atoms with Gasteiger partial charge in [-0.2, -0.15) is 0 Å². The van der Waals surface area contributed by atoms with E-state index in [-0.39, 0.29) is 31.1 Å². The van der Waals surface area contributed by atoms with E-state index in [1.165, 1.54) is 154 Å². The van der Waals surface area contributed by atoms with Gasteiger partial charge in [0.2, 0.25) is 0 Å². The van der Waals surface area contributed by atoms with Gasteiger partial charge in [0.25, 0.3) is 0 Å². The minimum Gasteiger partial charge on any atom is -0.465 e. The van der Waals surface area contributed by atoms with Gasteiger partial charge in [-0.1, -0.05) is 175 Å². The van der Waals surface area contributed by atoms with Gasteiger partial charge in [-0.15, -0.1) is 0 Å². The highest BCUT2D eigenvalue weighted by Gasteiger charge is 2.17. The van der Waals surface area contributed by atoms with Crippen molar-refractivity contribution < 1.29 is 29.3 Å². The molecule has 3 unspecified atom stereocenters. The molecule has 0 amide bonds. The van der Waals surface area contributed by atoms with Crippen LogP contribution in [0.2, 0.25) is 0 Å². The van der Waals surface area contributed by atoms with Crippen LogP contribution in [0, 0.1) is 17.8 Å². The molecule has 0 radical (unpaired) electrons. The maximum atomic E-state index is 12.7. The van der Waals surface area contributed by atoms with Crippen molar-refractivity contribution in [2.45, 2.75) is 259 Å². The van der Waals surface area contributed by atoms with Crippen molar-refractivity contribution in [3.63, 3.8) is 0 Å². The summed E-state index contributed by atoms with van der Waals surface area (Å²) in [5.41, 5.74) is 0.